The van der Waals surface area contributed by atoms with E-state index < -0.39 is 9.04 Å². The van der Waals surface area contributed by atoms with Crippen molar-refractivity contribution in [2.24, 2.45) is 0 Å². The van der Waals surface area contributed by atoms with E-state index in [1.165, 1.54) is 0 Å². The monoisotopic (exact) mass is 163 g/mol. The van der Waals surface area contributed by atoms with Crippen molar-refractivity contribution in [2.75, 3.05) is 0 Å². The molecule has 0 spiro atoms. The van der Waals surface area contributed by atoms with E-state index in [2.05, 4.69) is 19.6 Å². The molecule has 0 amide bonds. The van der Waals surface area contributed by atoms with Crippen LogP contribution in [0.2, 0.25) is 5.54 Å². The van der Waals surface area contributed by atoms with Crippen molar-refractivity contribution in [1.29, 1.82) is 0 Å². The fraction of sp³-hybridized carbons (Fsp3) is 1.00. The van der Waals surface area contributed by atoms with Gasteiger partial charge in [0.15, 0.2) is 0 Å². The standard InChI is InChI=1S/C6H15OSSi/c1-4-6(8)9(7)5(2)3/h5-8H,4H2,1-3H3. The molecule has 0 aliphatic rings. The Kier molecular flexibility index (Phi) is 4.61. The maximum Gasteiger partial charge on any atom is 0.222 e. The topological polar surface area (TPSA) is 20.2 Å². The summed E-state index contributed by atoms with van der Waals surface area (Å²) in [5.41, 5.74) is 0.428. The molecule has 1 unspecified atom stereocenters. The van der Waals surface area contributed by atoms with Gasteiger partial charge in [-0.3, -0.25) is 0 Å². The summed E-state index contributed by atoms with van der Waals surface area (Å²) in [7, 11) is -1.17. The lowest BCUT2D eigenvalue weighted by Gasteiger charge is -2.15. The van der Waals surface area contributed by atoms with Crippen molar-refractivity contribution in [2.45, 2.75) is 37.6 Å². The molecule has 1 N–H and O–H groups in total. The Balaban J connectivity index is 3.58. The lowest BCUT2D eigenvalue weighted by molar-refractivity contribution is 0.545. The van der Waals surface area contributed by atoms with Crippen molar-refractivity contribution < 1.29 is 4.80 Å². The minimum atomic E-state index is -1.17. The zero-order valence-electron chi connectivity index (χ0n) is 6.26. The van der Waals surface area contributed by atoms with Gasteiger partial charge in [0, 0.05) is 4.87 Å². The number of hydrogen-bond donors (Lipinski definition) is 2. The zero-order valence-corrected chi connectivity index (χ0v) is 8.15. The van der Waals surface area contributed by atoms with Crippen molar-refractivity contribution >= 4 is 21.7 Å². The van der Waals surface area contributed by atoms with Crippen LogP contribution in [-0.2, 0) is 0 Å². The van der Waals surface area contributed by atoms with E-state index >= 15 is 0 Å². The average Bonchev–Trinajstić information content (AvgIpc) is 1.84. The number of rotatable bonds is 3. The van der Waals surface area contributed by atoms with Gasteiger partial charge in [0.2, 0.25) is 9.04 Å². The van der Waals surface area contributed by atoms with E-state index in [0.29, 0.717) is 5.54 Å². The molecule has 0 rings (SSSR count). The maximum atomic E-state index is 9.42. The summed E-state index contributed by atoms with van der Waals surface area (Å²) in [5.74, 6) is 0. The second kappa shape index (κ2) is 4.36. The van der Waals surface area contributed by atoms with Gasteiger partial charge in [-0.15, -0.1) is 0 Å². The Labute approximate surface area is 64.6 Å². The Bertz CT molecular complexity index is 77.5. The summed E-state index contributed by atoms with van der Waals surface area (Å²) in [6.45, 7) is 6.15. The third-order valence-electron chi connectivity index (χ3n) is 1.32. The predicted octanol–water partition coefficient (Wildman–Crippen LogP) is 1.63. The van der Waals surface area contributed by atoms with E-state index in [9.17, 15) is 4.80 Å². The molecule has 9 heavy (non-hydrogen) atoms. The SMILES string of the molecule is CCC(S)[Si](O)C(C)C. The minimum Gasteiger partial charge on any atom is -0.430 e. The van der Waals surface area contributed by atoms with Crippen molar-refractivity contribution in [3.05, 3.63) is 0 Å². The van der Waals surface area contributed by atoms with Crippen LogP contribution in [0.5, 0.6) is 0 Å². The Morgan fingerprint density at radius 2 is 2.00 bits per heavy atom. The van der Waals surface area contributed by atoms with Crippen LogP contribution in [0, 0.1) is 0 Å². The van der Waals surface area contributed by atoms with Gasteiger partial charge >= 0.3 is 0 Å². The first-order valence-electron chi connectivity index (χ1n) is 3.33. The molecular weight excluding hydrogens is 148 g/mol. The largest absolute Gasteiger partial charge is 0.430 e. The van der Waals surface area contributed by atoms with Gasteiger partial charge in [0.1, 0.15) is 0 Å². The minimum absolute atomic E-state index is 0.245. The maximum absolute atomic E-state index is 9.42. The second-order valence-electron chi connectivity index (χ2n) is 2.50. The lowest BCUT2D eigenvalue weighted by Crippen LogP contribution is -2.28. The quantitative estimate of drug-likeness (QED) is 0.478. The van der Waals surface area contributed by atoms with Crippen LogP contribution in [0.15, 0.2) is 0 Å². The Morgan fingerprint density at radius 1 is 1.56 bits per heavy atom. The molecule has 0 aromatic heterocycles. The highest BCUT2D eigenvalue weighted by Gasteiger charge is 2.20. The van der Waals surface area contributed by atoms with Crippen LogP contribution in [0.25, 0.3) is 0 Å². The summed E-state index contributed by atoms with van der Waals surface area (Å²) in [5, 5.41) is 0. The first-order chi connectivity index (χ1) is 4.09. The summed E-state index contributed by atoms with van der Waals surface area (Å²) in [4.78, 5) is 9.67. The van der Waals surface area contributed by atoms with Crippen molar-refractivity contribution in [3.63, 3.8) is 0 Å². The first-order valence-corrected chi connectivity index (χ1v) is 5.45. The smallest absolute Gasteiger partial charge is 0.222 e. The van der Waals surface area contributed by atoms with Crippen LogP contribution in [0.4, 0.5) is 0 Å². The van der Waals surface area contributed by atoms with Gasteiger partial charge in [-0.05, 0) is 12.0 Å². The van der Waals surface area contributed by atoms with Crippen LogP contribution >= 0.6 is 12.6 Å². The summed E-state index contributed by atoms with van der Waals surface area (Å²) < 4.78 is 0. The van der Waals surface area contributed by atoms with E-state index in [1.807, 2.05) is 13.8 Å². The molecule has 55 valence electrons. The molecule has 1 nitrogen and oxygen atoms in total. The average molecular weight is 163 g/mol. The van der Waals surface area contributed by atoms with Crippen LogP contribution in [0.1, 0.15) is 27.2 Å². The van der Waals surface area contributed by atoms with Gasteiger partial charge in [-0.1, -0.05) is 20.8 Å². The van der Waals surface area contributed by atoms with E-state index in [0.717, 1.165) is 6.42 Å². The fourth-order valence-corrected chi connectivity index (χ4v) is 2.68. The summed E-state index contributed by atoms with van der Waals surface area (Å²) in [6, 6.07) is 0. The zero-order chi connectivity index (χ0) is 7.44. The molecule has 0 aromatic carbocycles. The number of thiol groups is 1. The molecule has 0 aliphatic carbocycles. The normalized spacial score (nSPS) is 15.0. The Hall–Kier alpha value is 0.527. The molecule has 0 saturated carbocycles. The first kappa shape index (κ1) is 9.53. The molecule has 0 aromatic rings. The highest BCUT2D eigenvalue weighted by molar-refractivity contribution is 7.82. The highest BCUT2D eigenvalue weighted by atomic mass is 32.1. The molecule has 3 heteroatoms. The molecule has 1 radical (unpaired) electrons. The van der Waals surface area contributed by atoms with Crippen LogP contribution in [0.3, 0.4) is 0 Å². The third-order valence-corrected chi connectivity index (χ3v) is 4.75. The molecule has 0 saturated heterocycles. The Morgan fingerprint density at radius 3 is 2.11 bits per heavy atom. The van der Waals surface area contributed by atoms with E-state index in [1.54, 1.807) is 0 Å². The molecule has 0 bridgehead atoms. The van der Waals surface area contributed by atoms with E-state index in [4.69, 9.17) is 0 Å². The number of hydrogen-bond acceptors (Lipinski definition) is 2. The summed E-state index contributed by atoms with van der Waals surface area (Å²) >= 11 is 4.26. The van der Waals surface area contributed by atoms with Crippen LogP contribution in [-0.4, -0.2) is 18.7 Å². The van der Waals surface area contributed by atoms with Crippen LogP contribution < -0.4 is 0 Å². The molecule has 0 aliphatic heterocycles. The van der Waals surface area contributed by atoms with Gasteiger partial charge in [0.05, 0.1) is 0 Å². The third kappa shape index (κ3) is 3.28. The van der Waals surface area contributed by atoms with Crippen molar-refractivity contribution in [1.82, 2.24) is 0 Å². The van der Waals surface area contributed by atoms with Gasteiger partial charge < -0.3 is 4.80 Å². The molecule has 1 atom stereocenters. The highest BCUT2D eigenvalue weighted by Crippen LogP contribution is 2.14. The lowest BCUT2D eigenvalue weighted by atomic mass is 10.5. The molecule has 0 fully saturated rings. The second-order valence-corrected chi connectivity index (χ2v) is 6.31. The van der Waals surface area contributed by atoms with Crippen molar-refractivity contribution in [3.8, 4) is 0 Å². The van der Waals surface area contributed by atoms with Gasteiger partial charge in [0.25, 0.3) is 0 Å². The predicted molar refractivity (Wildman–Crippen MR) is 46.1 cm³/mol. The van der Waals surface area contributed by atoms with E-state index in [-0.39, 0.29) is 4.87 Å². The molecular formula is C6H15OSSi. The fourth-order valence-electron chi connectivity index (χ4n) is 0.594. The van der Waals surface area contributed by atoms with Gasteiger partial charge in [-0.25, -0.2) is 0 Å². The van der Waals surface area contributed by atoms with Gasteiger partial charge in [-0.2, -0.15) is 12.6 Å². The molecule has 0 heterocycles. The summed E-state index contributed by atoms with van der Waals surface area (Å²) in [6.07, 6.45) is 0.978.